The van der Waals surface area contributed by atoms with E-state index in [0.717, 1.165) is 11.8 Å². The average Bonchev–Trinajstić information content (AvgIpc) is 2.84. The second-order valence-corrected chi connectivity index (χ2v) is 8.65. The SMILES string of the molecule is COc1ccccc1NC(=O)C1CC(=O)N(Cc2ccc(F)cc2)C(=Nc2ccc(F)cc2)S1. The minimum atomic E-state index is -0.735. The van der Waals surface area contributed by atoms with Gasteiger partial charge in [0.15, 0.2) is 5.17 Å². The number of nitrogens with one attached hydrogen (secondary N) is 1. The van der Waals surface area contributed by atoms with Gasteiger partial charge in [0, 0.05) is 6.42 Å². The molecule has 0 spiro atoms. The van der Waals surface area contributed by atoms with Gasteiger partial charge in [0.05, 0.1) is 25.0 Å². The lowest BCUT2D eigenvalue weighted by Crippen LogP contribution is -2.44. The van der Waals surface area contributed by atoms with Gasteiger partial charge in [0.2, 0.25) is 11.8 Å². The number of thioether (sulfide) groups is 1. The van der Waals surface area contributed by atoms with Crippen molar-refractivity contribution in [2.75, 3.05) is 12.4 Å². The molecular weight excluding hydrogens is 460 g/mol. The normalized spacial score (nSPS) is 17.0. The molecule has 0 aliphatic carbocycles. The first-order valence-corrected chi connectivity index (χ1v) is 11.3. The summed E-state index contributed by atoms with van der Waals surface area (Å²) < 4.78 is 31.9. The summed E-state index contributed by atoms with van der Waals surface area (Å²) in [5.74, 6) is -0.953. The Kier molecular flexibility index (Phi) is 7.22. The second-order valence-electron chi connectivity index (χ2n) is 7.48. The molecule has 6 nitrogen and oxygen atoms in total. The largest absolute Gasteiger partial charge is 0.495 e. The highest BCUT2D eigenvalue weighted by atomic mass is 32.2. The number of halogens is 2. The highest BCUT2D eigenvalue weighted by Gasteiger charge is 2.36. The molecule has 1 saturated heterocycles. The number of methoxy groups -OCH3 is 1. The number of anilines is 1. The van der Waals surface area contributed by atoms with Crippen molar-refractivity contribution >= 4 is 40.1 Å². The van der Waals surface area contributed by atoms with Gasteiger partial charge >= 0.3 is 0 Å². The molecule has 2 amide bonds. The smallest absolute Gasteiger partial charge is 0.238 e. The zero-order valence-corrected chi connectivity index (χ0v) is 19.0. The standard InChI is InChI=1S/C25H21F2N3O3S/c1-33-21-5-3-2-4-20(21)29-24(32)22-14-23(31)30(15-16-6-8-17(26)9-7-16)25(34-22)28-19-12-10-18(27)11-13-19/h2-13,22H,14-15H2,1H3,(H,29,32). The Morgan fingerprint density at radius 3 is 2.38 bits per heavy atom. The molecule has 9 heteroatoms. The third kappa shape index (κ3) is 5.60. The Balaban J connectivity index is 1.60. The lowest BCUT2D eigenvalue weighted by molar-refractivity contribution is -0.129. The number of aliphatic imine (C=N–C) groups is 1. The van der Waals surface area contributed by atoms with E-state index in [0.29, 0.717) is 27.9 Å². The maximum absolute atomic E-state index is 13.3. The van der Waals surface area contributed by atoms with Gasteiger partial charge in [-0.1, -0.05) is 36.0 Å². The van der Waals surface area contributed by atoms with E-state index in [1.54, 1.807) is 36.4 Å². The highest BCUT2D eigenvalue weighted by molar-refractivity contribution is 8.15. The van der Waals surface area contributed by atoms with Crippen LogP contribution in [0, 0.1) is 11.6 Å². The van der Waals surface area contributed by atoms with E-state index < -0.39 is 11.1 Å². The van der Waals surface area contributed by atoms with Crippen molar-refractivity contribution < 1.29 is 23.1 Å². The topological polar surface area (TPSA) is 71.0 Å². The van der Waals surface area contributed by atoms with Crippen molar-refractivity contribution in [3.8, 4) is 5.75 Å². The van der Waals surface area contributed by atoms with Crippen LogP contribution in [0.3, 0.4) is 0 Å². The van der Waals surface area contributed by atoms with E-state index in [2.05, 4.69) is 10.3 Å². The summed E-state index contributed by atoms with van der Waals surface area (Å²) in [5.41, 5.74) is 1.64. The Bertz CT molecular complexity index is 1220. The quantitative estimate of drug-likeness (QED) is 0.530. The Hall–Kier alpha value is -3.72. The molecule has 0 saturated carbocycles. The van der Waals surface area contributed by atoms with Crippen LogP contribution in [0.4, 0.5) is 20.2 Å². The van der Waals surface area contributed by atoms with Crippen LogP contribution in [-0.4, -0.2) is 34.2 Å². The minimum absolute atomic E-state index is 0.0463. The maximum atomic E-state index is 13.3. The lowest BCUT2D eigenvalue weighted by Gasteiger charge is -2.32. The zero-order valence-electron chi connectivity index (χ0n) is 18.2. The molecule has 0 bridgehead atoms. The number of rotatable bonds is 6. The fourth-order valence-corrected chi connectivity index (χ4v) is 4.45. The molecule has 0 aromatic heterocycles. The van der Waals surface area contributed by atoms with Crippen molar-refractivity contribution in [3.05, 3.63) is 90.0 Å². The predicted octanol–water partition coefficient (Wildman–Crippen LogP) is 5.13. The van der Waals surface area contributed by atoms with E-state index in [1.165, 1.54) is 48.4 Å². The number of hydrogen-bond acceptors (Lipinski definition) is 5. The summed E-state index contributed by atoms with van der Waals surface area (Å²) >= 11 is 1.14. The van der Waals surface area contributed by atoms with Crippen molar-refractivity contribution in [3.63, 3.8) is 0 Å². The summed E-state index contributed by atoms with van der Waals surface area (Å²) in [6.45, 7) is 0.160. The molecule has 174 valence electrons. The van der Waals surface area contributed by atoms with Crippen LogP contribution in [0.15, 0.2) is 77.8 Å². The zero-order chi connectivity index (χ0) is 24.1. The summed E-state index contributed by atoms with van der Waals surface area (Å²) in [5, 5.41) is 2.38. The molecular formula is C25H21F2N3O3S. The van der Waals surface area contributed by atoms with Crippen LogP contribution >= 0.6 is 11.8 Å². The molecule has 4 rings (SSSR count). The molecule has 3 aromatic rings. The summed E-state index contributed by atoms with van der Waals surface area (Å²) in [6.07, 6.45) is -0.0463. The van der Waals surface area contributed by atoms with Crippen LogP contribution in [0.5, 0.6) is 5.75 Å². The molecule has 1 unspecified atom stereocenters. The number of carbonyl (C=O) groups excluding carboxylic acids is 2. The highest BCUT2D eigenvalue weighted by Crippen LogP contribution is 2.32. The molecule has 1 fully saturated rings. The third-order valence-corrected chi connectivity index (χ3v) is 6.29. The van der Waals surface area contributed by atoms with Gasteiger partial charge in [-0.25, -0.2) is 13.8 Å². The van der Waals surface area contributed by atoms with Crippen LogP contribution in [0.2, 0.25) is 0 Å². The first kappa shape index (κ1) is 23.4. The van der Waals surface area contributed by atoms with E-state index >= 15 is 0 Å². The number of ether oxygens (including phenoxy) is 1. The van der Waals surface area contributed by atoms with Gasteiger partial charge in [-0.2, -0.15) is 0 Å². The fourth-order valence-electron chi connectivity index (χ4n) is 3.36. The number of amidine groups is 1. The molecule has 3 aromatic carbocycles. The van der Waals surface area contributed by atoms with Crippen LogP contribution in [0.25, 0.3) is 0 Å². The van der Waals surface area contributed by atoms with Gasteiger partial charge in [0.25, 0.3) is 0 Å². The van der Waals surface area contributed by atoms with Crippen LogP contribution in [-0.2, 0) is 16.1 Å². The number of amides is 2. The number of nitrogens with zero attached hydrogens (tertiary/aromatic N) is 2. The molecule has 34 heavy (non-hydrogen) atoms. The first-order chi connectivity index (χ1) is 16.4. The third-order valence-electron chi connectivity index (χ3n) is 5.10. The monoisotopic (exact) mass is 481 g/mol. The Morgan fingerprint density at radius 1 is 1.06 bits per heavy atom. The van der Waals surface area contributed by atoms with Gasteiger partial charge < -0.3 is 10.1 Å². The summed E-state index contributed by atoms with van der Waals surface area (Å²) in [4.78, 5) is 32.1. The van der Waals surface area contributed by atoms with Gasteiger partial charge in [0.1, 0.15) is 22.6 Å². The average molecular weight is 482 g/mol. The fraction of sp³-hybridized carbons (Fsp3) is 0.160. The number of hydrogen-bond donors (Lipinski definition) is 1. The summed E-state index contributed by atoms with van der Waals surface area (Å²) in [6, 6.07) is 18.3. The second kappa shape index (κ2) is 10.5. The Morgan fingerprint density at radius 2 is 1.71 bits per heavy atom. The number of carbonyl (C=O) groups is 2. The minimum Gasteiger partial charge on any atom is -0.495 e. The van der Waals surface area contributed by atoms with Crippen molar-refractivity contribution in [2.24, 2.45) is 4.99 Å². The molecule has 1 aliphatic heterocycles. The van der Waals surface area contributed by atoms with E-state index in [1.807, 2.05) is 0 Å². The number of benzene rings is 3. The lowest BCUT2D eigenvalue weighted by atomic mass is 10.2. The predicted molar refractivity (Wildman–Crippen MR) is 128 cm³/mol. The van der Waals surface area contributed by atoms with E-state index in [9.17, 15) is 18.4 Å². The van der Waals surface area contributed by atoms with Gasteiger partial charge in [-0.05, 0) is 54.1 Å². The summed E-state index contributed by atoms with van der Waals surface area (Å²) in [7, 11) is 1.50. The van der Waals surface area contributed by atoms with Crippen molar-refractivity contribution in [2.45, 2.75) is 18.2 Å². The van der Waals surface area contributed by atoms with E-state index in [-0.39, 0.29) is 30.6 Å². The Labute approximate surface area is 199 Å². The maximum Gasteiger partial charge on any atom is 0.238 e. The molecule has 1 aliphatic rings. The molecule has 1 N–H and O–H groups in total. The van der Waals surface area contributed by atoms with Gasteiger partial charge in [-0.3, -0.25) is 14.5 Å². The van der Waals surface area contributed by atoms with Gasteiger partial charge in [-0.15, -0.1) is 0 Å². The molecule has 0 radical (unpaired) electrons. The van der Waals surface area contributed by atoms with E-state index in [4.69, 9.17) is 4.74 Å². The van der Waals surface area contributed by atoms with Crippen molar-refractivity contribution in [1.82, 2.24) is 4.90 Å². The molecule has 1 heterocycles. The van der Waals surface area contributed by atoms with Crippen LogP contribution < -0.4 is 10.1 Å². The number of para-hydroxylation sites is 2. The molecule has 1 atom stereocenters. The van der Waals surface area contributed by atoms with Crippen LogP contribution in [0.1, 0.15) is 12.0 Å². The van der Waals surface area contributed by atoms with Crippen molar-refractivity contribution in [1.29, 1.82) is 0 Å². The first-order valence-electron chi connectivity index (χ1n) is 10.4.